The van der Waals surface area contributed by atoms with Crippen LogP contribution in [-0.2, 0) is 23.2 Å². The van der Waals surface area contributed by atoms with E-state index in [2.05, 4.69) is 137 Å². The molecule has 2 aliphatic rings. The molecule has 7 heteroatoms. The van der Waals surface area contributed by atoms with Gasteiger partial charge in [-0.05, 0) is 101 Å². The monoisotopic (exact) mass is 694 g/mol. The van der Waals surface area contributed by atoms with Crippen molar-refractivity contribution < 1.29 is 14.2 Å². The van der Waals surface area contributed by atoms with Crippen LogP contribution in [-0.4, -0.2) is 25.4 Å². The maximum atomic E-state index is 6.96. The van der Waals surface area contributed by atoms with Gasteiger partial charge in [0.05, 0.1) is 13.2 Å². The molecule has 0 saturated carbocycles. The highest BCUT2D eigenvalue weighted by Crippen LogP contribution is 2.54. The zero-order chi connectivity index (χ0) is 22.8. The second-order valence-corrected chi connectivity index (χ2v) is 12.6. The molecule has 168 valence electrons. The lowest BCUT2D eigenvalue weighted by Crippen LogP contribution is -2.40. The summed E-state index contributed by atoms with van der Waals surface area (Å²) in [5, 5.41) is 4.61. The van der Waals surface area contributed by atoms with Crippen molar-refractivity contribution in [2.75, 3.05) is 13.2 Å². The second-order valence-electron chi connectivity index (χ2n) is 8.45. The van der Waals surface area contributed by atoms with E-state index in [1.807, 2.05) is 0 Å². The summed E-state index contributed by atoms with van der Waals surface area (Å²) in [5.41, 5.74) is 2.02. The molecule has 0 amide bonds. The molecule has 2 heterocycles. The molecule has 2 saturated heterocycles. The molecule has 6 rings (SSSR count). The molecule has 0 bridgehead atoms. The van der Waals surface area contributed by atoms with Crippen LogP contribution in [0.2, 0.25) is 0 Å². The Balaban J connectivity index is 1.43. The Hall–Kier alpha value is -0.800. The molecular weight excluding hydrogens is 680 g/mol. The van der Waals surface area contributed by atoms with Crippen LogP contribution < -0.4 is 0 Å². The van der Waals surface area contributed by atoms with Crippen LogP contribution in [0.1, 0.15) is 11.1 Å². The Morgan fingerprint density at radius 2 is 0.970 bits per heavy atom. The summed E-state index contributed by atoms with van der Waals surface area (Å²) in [6.07, 6.45) is -0.199. The van der Waals surface area contributed by atoms with Crippen LogP contribution in [0.5, 0.6) is 0 Å². The Kier molecular flexibility index (Phi) is 5.77. The number of alkyl halides is 2. The van der Waals surface area contributed by atoms with Gasteiger partial charge in [-0.2, -0.15) is 0 Å². The van der Waals surface area contributed by atoms with Crippen molar-refractivity contribution in [3.05, 3.63) is 92.9 Å². The van der Waals surface area contributed by atoms with Crippen molar-refractivity contribution in [3.63, 3.8) is 0 Å². The molecule has 0 N–H and O–H groups in total. The van der Waals surface area contributed by atoms with Gasteiger partial charge >= 0.3 is 0 Å². The van der Waals surface area contributed by atoms with Gasteiger partial charge in [0.15, 0.2) is 9.02 Å². The lowest BCUT2D eigenvalue weighted by atomic mass is 9.99. The van der Waals surface area contributed by atoms with Gasteiger partial charge < -0.3 is 14.2 Å². The Bertz CT molecular complexity index is 1280. The zero-order valence-electron chi connectivity index (χ0n) is 17.2. The minimum atomic E-state index is -0.835. The zero-order valence-corrected chi connectivity index (χ0v) is 23.6. The number of rotatable bonds is 6. The van der Waals surface area contributed by atoms with Gasteiger partial charge in [0.25, 0.3) is 0 Å². The number of hydrogen-bond donors (Lipinski definition) is 0. The summed E-state index contributed by atoms with van der Waals surface area (Å²) in [6, 6.07) is 25.3. The standard InChI is InChI=1S/C26H18Br4O3/c27-21-7-3-15-9-19(5-1-17(15)11-21)25(29,23-13-31-23)33-26(30,24-14-32-24)20-6-2-18-12-22(28)8-4-16(18)10-20/h1-12,23-24H,13-14H2. The fourth-order valence-electron chi connectivity index (χ4n) is 4.22. The maximum Gasteiger partial charge on any atom is 0.178 e. The molecule has 2 fully saturated rings. The SMILES string of the molecule is Brc1ccc2cc(C(Br)(OC(Br)(c3ccc4cc(Br)ccc4c3)C3CO3)C3CO3)ccc2c1. The van der Waals surface area contributed by atoms with Crippen molar-refractivity contribution in [1.82, 2.24) is 0 Å². The van der Waals surface area contributed by atoms with Gasteiger partial charge in [0.1, 0.15) is 12.2 Å². The Morgan fingerprint density at radius 1 is 0.606 bits per heavy atom. The number of ether oxygens (including phenoxy) is 3. The number of fused-ring (bicyclic) bond motifs is 2. The largest absolute Gasteiger partial charge is 0.369 e. The minimum Gasteiger partial charge on any atom is -0.369 e. The first-order valence-corrected chi connectivity index (χ1v) is 13.7. The number of hydrogen-bond acceptors (Lipinski definition) is 3. The van der Waals surface area contributed by atoms with Crippen molar-refractivity contribution in [2.24, 2.45) is 0 Å². The van der Waals surface area contributed by atoms with E-state index in [1.165, 1.54) is 0 Å². The lowest BCUT2D eigenvalue weighted by Gasteiger charge is -2.37. The van der Waals surface area contributed by atoms with Crippen molar-refractivity contribution in [1.29, 1.82) is 0 Å². The quantitative estimate of drug-likeness (QED) is 0.151. The first-order valence-electron chi connectivity index (χ1n) is 10.6. The third-order valence-electron chi connectivity index (χ3n) is 6.18. The van der Waals surface area contributed by atoms with Crippen LogP contribution in [0.15, 0.2) is 81.7 Å². The summed E-state index contributed by atoms with van der Waals surface area (Å²) >= 11 is 15.0. The summed E-state index contributed by atoms with van der Waals surface area (Å²) in [5.74, 6) is 0. The van der Waals surface area contributed by atoms with Crippen molar-refractivity contribution in [3.8, 4) is 0 Å². The molecule has 33 heavy (non-hydrogen) atoms. The van der Waals surface area contributed by atoms with Crippen LogP contribution in [0.25, 0.3) is 21.5 Å². The highest BCUT2D eigenvalue weighted by atomic mass is 79.9. The van der Waals surface area contributed by atoms with Gasteiger partial charge in [0, 0.05) is 8.95 Å². The molecular formula is C26H18Br4O3. The van der Waals surface area contributed by atoms with Gasteiger partial charge in [-0.25, -0.2) is 0 Å². The first-order chi connectivity index (χ1) is 15.8. The highest BCUT2D eigenvalue weighted by Gasteiger charge is 2.57. The Morgan fingerprint density at radius 3 is 1.36 bits per heavy atom. The number of halogens is 4. The minimum absolute atomic E-state index is 0.0996. The highest BCUT2D eigenvalue weighted by molar-refractivity contribution is 9.11. The van der Waals surface area contributed by atoms with Gasteiger partial charge in [-0.1, -0.05) is 68.3 Å². The Labute approximate surface area is 225 Å². The van der Waals surface area contributed by atoms with Crippen molar-refractivity contribution >= 4 is 85.3 Å². The average Bonchev–Trinajstić information content (AvgIpc) is 3.70. The molecule has 2 aliphatic heterocycles. The molecule has 4 unspecified atom stereocenters. The molecule has 4 atom stereocenters. The molecule has 0 aliphatic carbocycles. The van der Waals surface area contributed by atoms with Crippen LogP contribution >= 0.6 is 63.7 Å². The number of epoxide rings is 2. The van der Waals surface area contributed by atoms with E-state index in [1.54, 1.807) is 0 Å². The summed E-state index contributed by atoms with van der Waals surface area (Å²) in [7, 11) is 0. The predicted molar refractivity (Wildman–Crippen MR) is 145 cm³/mol. The third kappa shape index (κ3) is 4.24. The van der Waals surface area contributed by atoms with Gasteiger partial charge in [-0.15, -0.1) is 0 Å². The van der Waals surface area contributed by atoms with E-state index in [9.17, 15) is 0 Å². The molecule has 0 radical (unpaired) electrons. The fraction of sp³-hybridized carbons (Fsp3) is 0.231. The third-order valence-corrected chi connectivity index (χ3v) is 9.43. The van der Waals surface area contributed by atoms with E-state index in [0.717, 1.165) is 41.6 Å². The fourth-order valence-corrected chi connectivity index (χ4v) is 6.73. The summed E-state index contributed by atoms with van der Waals surface area (Å²) in [4.78, 5) is 0. The van der Waals surface area contributed by atoms with Gasteiger partial charge in [-0.3, -0.25) is 0 Å². The van der Waals surface area contributed by atoms with Crippen LogP contribution in [0.4, 0.5) is 0 Å². The number of benzene rings is 4. The van der Waals surface area contributed by atoms with E-state index in [0.29, 0.717) is 13.2 Å². The molecule has 0 aromatic heterocycles. The maximum absolute atomic E-state index is 6.96. The van der Waals surface area contributed by atoms with E-state index >= 15 is 0 Å². The second kappa shape index (κ2) is 8.40. The van der Waals surface area contributed by atoms with E-state index in [4.69, 9.17) is 14.2 Å². The topological polar surface area (TPSA) is 34.3 Å². The normalized spacial score (nSPS) is 23.3. The van der Waals surface area contributed by atoms with Crippen LogP contribution in [0, 0.1) is 0 Å². The molecule has 3 nitrogen and oxygen atoms in total. The van der Waals surface area contributed by atoms with Gasteiger partial charge in [0.2, 0.25) is 0 Å². The summed E-state index contributed by atoms with van der Waals surface area (Å²) < 4.78 is 19.0. The average molecular weight is 698 g/mol. The smallest absolute Gasteiger partial charge is 0.178 e. The first kappa shape index (κ1) is 22.7. The molecule has 0 spiro atoms. The molecule has 4 aromatic rings. The summed E-state index contributed by atoms with van der Waals surface area (Å²) in [6.45, 7) is 1.26. The predicted octanol–water partition coefficient (Wildman–Crippen LogP) is 8.13. The molecule has 4 aromatic carbocycles. The van der Waals surface area contributed by atoms with Crippen LogP contribution in [0.3, 0.4) is 0 Å². The van der Waals surface area contributed by atoms with Crippen molar-refractivity contribution in [2.45, 2.75) is 21.2 Å². The van der Waals surface area contributed by atoms with E-state index < -0.39 is 9.02 Å². The van der Waals surface area contributed by atoms with E-state index in [-0.39, 0.29) is 12.2 Å². The lowest BCUT2D eigenvalue weighted by molar-refractivity contribution is -0.0795.